The lowest BCUT2D eigenvalue weighted by Crippen LogP contribution is -2.45. The van der Waals surface area contributed by atoms with Crippen LogP contribution in [0.15, 0.2) is 29.1 Å². The molecule has 0 radical (unpaired) electrons. The van der Waals surface area contributed by atoms with Crippen molar-refractivity contribution in [3.8, 4) is 0 Å². The highest BCUT2D eigenvalue weighted by Gasteiger charge is 2.24. The zero-order chi connectivity index (χ0) is 15.5. The number of likely N-dealkylation sites (tertiary alicyclic amines) is 1. The van der Waals surface area contributed by atoms with Crippen molar-refractivity contribution < 1.29 is 9.53 Å². The molecular formula is C15H18N4O3. The van der Waals surface area contributed by atoms with Crippen LogP contribution in [0.3, 0.4) is 0 Å². The molecule has 1 saturated heterocycles. The lowest BCUT2D eigenvalue weighted by Gasteiger charge is -2.32. The van der Waals surface area contributed by atoms with E-state index in [0.29, 0.717) is 29.9 Å². The van der Waals surface area contributed by atoms with Crippen molar-refractivity contribution in [2.45, 2.75) is 18.9 Å². The number of H-pyrrole nitrogens is 1. The molecule has 1 atom stereocenters. The average Bonchev–Trinajstić information content (AvgIpc) is 2.54. The van der Waals surface area contributed by atoms with Gasteiger partial charge in [-0.15, -0.1) is 0 Å². The molecule has 7 nitrogen and oxygen atoms in total. The Morgan fingerprint density at radius 3 is 3.09 bits per heavy atom. The Bertz CT molecular complexity index is 743. The van der Waals surface area contributed by atoms with E-state index in [1.807, 2.05) is 12.1 Å². The highest BCUT2D eigenvalue weighted by atomic mass is 16.5. The molecule has 1 fully saturated rings. The maximum Gasteiger partial charge on any atom is 0.409 e. The number of aromatic nitrogens is 2. The molecular weight excluding hydrogens is 284 g/mol. The lowest BCUT2D eigenvalue weighted by molar-refractivity contribution is 0.113. The van der Waals surface area contributed by atoms with Gasteiger partial charge in [0, 0.05) is 19.1 Å². The van der Waals surface area contributed by atoms with Crippen LogP contribution in [0.2, 0.25) is 0 Å². The van der Waals surface area contributed by atoms with E-state index in [4.69, 9.17) is 4.74 Å². The van der Waals surface area contributed by atoms with Crippen molar-refractivity contribution in [2.24, 2.45) is 0 Å². The number of hydrogen-bond acceptors (Lipinski definition) is 5. The van der Waals surface area contributed by atoms with Crippen LogP contribution < -0.4 is 10.9 Å². The van der Waals surface area contributed by atoms with E-state index in [-0.39, 0.29) is 17.7 Å². The van der Waals surface area contributed by atoms with Gasteiger partial charge in [-0.2, -0.15) is 0 Å². The van der Waals surface area contributed by atoms with Crippen LogP contribution in [0, 0.1) is 0 Å². The molecule has 1 aliphatic rings. The summed E-state index contributed by atoms with van der Waals surface area (Å²) in [5.41, 5.74) is 0.475. The number of fused-ring (bicyclic) bond motifs is 1. The van der Waals surface area contributed by atoms with Crippen molar-refractivity contribution in [3.05, 3.63) is 34.6 Å². The zero-order valence-electron chi connectivity index (χ0n) is 12.3. The number of aromatic amines is 1. The summed E-state index contributed by atoms with van der Waals surface area (Å²) in [4.78, 5) is 32.5. The minimum Gasteiger partial charge on any atom is -0.453 e. The Morgan fingerprint density at radius 1 is 1.45 bits per heavy atom. The molecule has 0 bridgehead atoms. The van der Waals surface area contributed by atoms with Gasteiger partial charge in [-0.25, -0.2) is 9.78 Å². The molecule has 22 heavy (non-hydrogen) atoms. The number of rotatable bonds is 2. The summed E-state index contributed by atoms with van der Waals surface area (Å²) in [6.07, 6.45) is 1.46. The number of hydrogen-bond donors (Lipinski definition) is 2. The summed E-state index contributed by atoms with van der Waals surface area (Å²) in [6, 6.07) is 7.24. The molecule has 1 aromatic heterocycles. The van der Waals surface area contributed by atoms with Crippen molar-refractivity contribution in [1.82, 2.24) is 14.9 Å². The van der Waals surface area contributed by atoms with Crippen LogP contribution >= 0.6 is 0 Å². The molecule has 0 spiro atoms. The van der Waals surface area contributed by atoms with Crippen molar-refractivity contribution in [3.63, 3.8) is 0 Å². The summed E-state index contributed by atoms with van der Waals surface area (Å²) in [5, 5.41) is 3.77. The number of ether oxygens (including phenoxy) is 1. The van der Waals surface area contributed by atoms with Crippen LogP contribution in [0.5, 0.6) is 0 Å². The van der Waals surface area contributed by atoms with Crippen molar-refractivity contribution >= 4 is 22.9 Å². The fourth-order valence-electron chi connectivity index (χ4n) is 2.74. The van der Waals surface area contributed by atoms with Crippen LogP contribution in [0.1, 0.15) is 12.8 Å². The molecule has 2 N–H and O–H groups in total. The quantitative estimate of drug-likeness (QED) is 0.879. The number of amides is 1. The summed E-state index contributed by atoms with van der Waals surface area (Å²) in [5.74, 6) is 0.431. The van der Waals surface area contributed by atoms with E-state index in [0.717, 1.165) is 12.8 Å². The highest BCUT2D eigenvalue weighted by molar-refractivity contribution is 5.78. The molecule has 1 unspecified atom stereocenters. The monoisotopic (exact) mass is 302 g/mol. The van der Waals surface area contributed by atoms with Crippen molar-refractivity contribution in [2.75, 3.05) is 25.5 Å². The average molecular weight is 302 g/mol. The molecule has 0 saturated carbocycles. The van der Waals surface area contributed by atoms with Crippen LogP contribution in [-0.4, -0.2) is 47.2 Å². The fourth-order valence-corrected chi connectivity index (χ4v) is 2.74. The molecule has 7 heteroatoms. The van der Waals surface area contributed by atoms with Gasteiger partial charge < -0.3 is 15.0 Å². The maximum absolute atomic E-state index is 12.0. The number of benzene rings is 1. The van der Waals surface area contributed by atoms with E-state index in [1.54, 1.807) is 17.0 Å². The second kappa shape index (κ2) is 6.05. The van der Waals surface area contributed by atoms with Gasteiger partial charge in [0.25, 0.3) is 5.56 Å². The lowest BCUT2D eigenvalue weighted by atomic mass is 10.1. The number of nitrogens with zero attached hydrogens (tertiary/aromatic N) is 2. The molecule has 1 amide bonds. The first-order valence-electron chi connectivity index (χ1n) is 7.26. The molecule has 1 aliphatic heterocycles. The van der Waals surface area contributed by atoms with Gasteiger partial charge in [-0.05, 0) is 25.0 Å². The SMILES string of the molecule is COC(=O)N1CCCC(Nc2nc3ccccc3c(=O)[nH]2)C1. The van der Waals surface area contributed by atoms with E-state index >= 15 is 0 Å². The number of piperidine rings is 1. The third-order valence-electron chi connectivity index (χ3n) is 3.81. The number of anilines is 1. The minimum atomic E-state index is -0.327. The Balaban J connectivity index is 1.78. The molecule has 2 aromatic rings. The van der Waals surface area contributed by atoms with Gasteiger partial charge in [0.05, 0.1) is 18.0 Å². The van der Waals surface area contributed by atoms with E-state index < -0.39 is 0 Å². The van der Waals surface area contributed by atoms with Crippen molar-refractivity contribution in [1.29, 1.82) is 0 Å². The summed E-state index contributed by atoms with van der Waals surface area (Å²) in [6.45, 7) is 1.22. The first-order valence-corrected chi connectivity index (χ1v) is 7.26. The van der Waals surface area contributed by atoms with Gasteiger partial charge in [0.1, 0.15) is 0 Å². The summed E-state index contributed by atoms with van der Waals surface area (Å²) >= 11 is 0. The van der Waals surface area contributed by atoms with E-state index in [2.05, 4.69) is 15.3 Å². The number of para-hydroxylation sites is 1. The number of carbonyl (C=O) groups excluding carboxylic acids is 1. The first-order chi connectivity index (χ1) is 10.7. The number of nitrogens with one attached hydrogen (secondary N) is 2. The van der Waals surface area contributed by atoms with Gasteiger partial charge in [0.15, 0.2) is 0 Å². The van der Waals surface area contributed by atoms with Crippen LogP contribution in [0.4, 0.5) is 10.7 Å². The first kappa shape index (κ1) is 14.4. The summed E-state index contributed by atoms with van der Waals surface area (Å²) in [7, 11) is 1.38. The smallest absolute Gasteiger partial charge is 0.409 e. The normalized spacial score (nSPS) is 18.2. The Hall–Kier alpha value is -2.57. The second-order valence-electron chi connectivity index (χ2n) is 5.33. The maximum atomic E-state index is 12.0. The Morgan fingerprint density at radius 2 is 2.27 bits per heavy atom. The Kier molecular flexibility index (Phi) is 3.95. The molecule has 116 valence electrons. The minimum absolute atomic E-state index is 0.0390. The van der Waals surface area contributed by atoms with Crippen LogP contribution in [-0.2, 0) is 4.74 Å². The third-order valence-corrected chi connectivity index (χ3v) is 3.81. The van der Waals surface area contributed by atoms with Crippen LogP contribution in [0.25, 0.3) is 10.9 Å². The van der Waals surface area contributed by atoms with Gasteiger partial charge in [0.2, 0.25) is 5.95 Å². The topological polar surface area (TPSA) is 87.3 Å². The van der Waals surface area contributed by atoms with Gasteiger partial charge >= 0.3 is 6.09 Å². The second-order valence-corrected chi connectivity index (χ2v) is 5.33. The van der Waals surface area contributed by atoms with E-state index in [9.17, 15) is 9.59 Å². The Labute approximate surface area is 127 Å². The predicted octanol–water partition coefficient (Wildman–Crippen LogP) is 1.57. The highest BCUT2D eigenvalue weighted by Crippen LogP contribution is 2.15. The fraction of sp³-hybridized carbons (Fsp3) is 0.400. The third kappa shape index (κ3) is 2.88. The molecule has 0 aliphatic carbocycles. The standard InChI is InChI=1S/C15H18N4O3/c1-22-15(21)19-8-4-5-10(9-19)16-14-17-12-7-3-2-6-11(12)13(20)18-14/h2-3,6-7,10H,4-5,8-9H2,1H3,(H2,16,17,18,20). The summed E-state index contributed by atoms with van der Waals surface area (Å²) < 4.78 is 4.75. The molecule has 2 heterocycles. The molecule has 1 aromatic carbocycles. The van der Waals surface area contributed by atoms with Gasteiger partial charge in [-0.3, -0.25) is 9.78 Å². The largest absolute Gasteiger partial charge is 0.453 e. The molecule has 3 rings (SSSR count). The van der Waals surface area contributed by atoms with E-state index in [1.165, 1.54) is 7.11 Å². The number of carbonyl (C=O) groups is 1. The predicted molar refractivity (Wildman–Crippen MR) is 83.0 cm³/mol. The number of methoxy groups -OCH3 is 1. The van der Waals surface area contributed by atoms with Gasteiger partial charge in [-0.1, -0.05) is 12.1 Å². The zero-order valence-corrected chi connectivity index (χ0v) is 12.3.